The van der Waals surface area contributed by atoms with Crippen LogP contribution in [0.25, 0.3) is 22.6 Å². The average Bonchev–Trinajstić information content (AvgIpc) is 2.84. The Morgan fingerprint density at radius 1 is 1.33 bits per heavy atom. The van der Waals surface area contributed by atoms with Gasteiger partial charge < -0.3 is 9.52 Å². The van der Waals surface area contributed by atoms with E-state index in [4.69, 9.17) is 4.42 Å². The van der Waals surface area contributed by atoms with Crippen LogP contribution in [0.4, 0.5) is 0 Å². The normalized spacial score (nSPS) is 10.9. The van der Waals surface area contributed by atoms with Gasteiger partial charge in [-0.05, 0) is 12.1 Å². The molecule has 15 heavy (non-hydrogen) atoms. The van der Waals surface area contributed by atoms with Gasteiger partial charge in [0.25, 0.3) is 0 Å². The van der Waals surface area contributed by atoms with E-state index in [-0.39, 0.29) is 5.75 Å². The van der Waals surface area contributed by atoms with Gasteiger partial charge in [-0.1, -0.05) is 0 Å². The number of phenols is 1. The maximum Gasteiger partial charge on any atom is 0.230 e. The minimum atomic E-state index is 0.176. The lowest BCUT2D eigenvalue weighted by atomic mass is 10.3. The van der Waals surface area contributed by atoms with Crippen molar-refractivity contribution < 1.29 is 9.52 Å². The molecule has 2 N–H and O–H groups in total. The van der Waals surface area contributed by atoms with Gasteiger partial charge in [-0.2, -0.15) is 5.10 Å². The van der Waals surface area contributed by atoms with Gasteiger partial charge in [-0.25, -0.2) is 4.98 Å². The number of benzene rings is 1. The Bertz CT molecular complexity index is 598. The molecule has 0 aliphatic heterocycles. The number of nitrogens with one attached hydrogen (secondary N) is 1. The average molecular weight is 201 g/mol. The van der Waals surface area contributed by atoms with Gasteiger partial charge in [-0.15, -0.1) is 0 Å². The van der Waals surface area contributed by atoms with E-state index in [1.165, 1.54) is 0 Å². The number of H-pyrrole nitrogens is 1. The molecule has 5 nitrogen and oxygen atoms in total. The monoisotopic (exact) mass is 201 g/mol. The number of nitrogens with zero attached hydrogens (tertiary/aromatic N) is 2. The number of fused-ring (bicyclic) bond motifs is 1. The molecule has 3 aromatic rings. The number of phenolic OH excluding ortho intramolecular Hbond substituents is 1. The molecular formula is C10H7N3O2. The Morgan fingerprint density at radius 2 is 2.27 bits per heavy atom. The molecule has 5 heteroatoms. The summed E-state index contributed by atoms with van der Waals surface area (Å²) in [5.74, 6) is 0.666. The molecule has 0 aliphatic carbocycles. The third-order valence-electron chi connectivity index (χ3n) is 2.12. The predicted molar refractivity (Wildman–Crippen MR) is 53.3 cm³/mol. The number of aromatic hydroxyl groups is 1. The molecule has 0 unspecified atom stereocenters. The topological polar surface area (TPSA) is 74.9 Å². The Hall–Kier alpha value is -2.30. The Kier molecular flexibility index (Phi) is 1.53. The van der Waals surface area contributed by atoms with Crippen molar-refractivity contribution in [1.29, 1.82) is 0 Å². The minimum Gasteiger partial charge on any atom is -0.508 e. The second-order valence-corrected chi connectivity index (χ2v) is 3.16. The van der Waals surface area contributed by atoms with E-state index in [9.17, 15) is 5.11 Å². The first-order chi connectivity index (χ1) is 7.33. The molecule has 0 saturated heterocycles. The molecule has 2 heterocycles. The second kappa shape index (κ2) is 2.84. The van der Waals surface area contributed by atoms with E-state index in [1.807, 2.05) is 0 Å². The lowest BCUT2D eigenvalue weighted by Gasteiger charge is -1.87. The quantitative estimate of drug-likeness (QED) is 0.630. The number of aromatic nitrogens is 3. The molecule has 3 rings (SSSR count). The van der Waals surface area contributed by atoms with Gasteiger partial charge in [0.1, 0.15) is 11.3 Å². The summed E-state index contributed by atoms with van der Waals surface area (Å²) in [4.78, 5) is 4.23. The fourth-order valence-electron chi connectivity index (χ4n) is 1.41. The van der Waals surface area contributed by atoms with Crippen LogP contribution in [0.5, 0.6) is 5.75 Å². The molecule has 1 aromatic carbocycles. The van der Waals surface area contributed by atoms with E-state index in [2.05, 4.69) is 15.2 Å². The summed E-state index contributed by atoms with van der Waals surface area (Å²) in [6.45, 7) is 0. The molecule has 0 saturated carbocycles. The van der Waals surface area contributed by atoms with Crippen molar-refractivity contribution in [2.75, 3.05) is 0 Å². The first-order valence-electron chi connectivity index (χ1n) is 4.41. The maximum atomic E-state index is 9.27. The lowest BCUT2D eigenvalue weighted by Crippen LogP contribution is -1.71. The number of hydrogen-bond donors (Lipinski definition) is 2. The molecular weight excluding hydrogens is 194 g/mol. The highest BCUT2D eigenvalue weighted by Crippen LogP contribution is 2.25. The summed E-state index contributed by atoms with van der Waals surface area (Å²) in [5, 5.41) is 15.8. The summed E-state index contributed by atoms with van der Waals surface area (Å²) < 4.78 is 5.49. The molecule has 0 radical (unpaired) electrons. The summed E-state index contributed by atoms with van der Waals surface area (Å²) >= 11 is 0. The summed E-state index contributed by atoms with van der Waals surface area (Å²) in [7, 11) is 0. The smallest absolute Gasteiger partial charge is 0.230 e. The van der Waals surface area contributed by atoms with Crippen LogP contribution in [0.2, 0.25) is 0 Å². The van der Waals surface area contributed by atoms with Crippen LogP contribution in [-0.2, 0) is 0 Å². The van der Waals surface area contributed by atoms with Crippen molar-refractivity contribution in [3.05, 3.63) is 30.6 Å². The molecule has 0 spiro atoms. The van der Waals surface area contributed by atoms with Gasteiger partial charge in [0, 0.05) is 12.3 Å². The summed E-state index contributed by atoms with van der Waals surface area (Å²) in [5.41, 5.74) is 2.06. The van der Waals surface area contributed by atoms with E-state index in [1.54, 1.807) is 30.6 Å². The van der Waals surface area contributed by atoms with Crippen molar-refractivity contribution >= 4 is 11.1 Å². The summed E-state index contributed by atoms with van der Waals surface area (Å²) in [6, 6.07) is 4.80. The third kappa shape index (κ3) is 1.25. The van der Waals surface area contributed by atoms with Crippen LogP contribution in [0.3, 0.4) is 0 Å². The van der Waals surface area contributed by atoms with Gasteiger partial charge in [-0.3, -0.25) is 5.10 Å². The number of aromatic amines is 1. The van der Waals surface area contributed by atoms with Gasteiger partial charge in [0.15, 0.2) is 5.58 Å². The van der Waals surface area contributed by atoms with Crippen LogP contribution >= 0.6 is 0 Å². The molecule has 0 atom stereocenters. The molecule has 0 aliphatic rings. The van der Waals surface area contributed by atoms with Gasteiger partial charge >= 0.3 is 0 Å². The zero-order valence-corrected chi connectivity index (χ0v) is 7.64. The van der Waals surface area contributed by atoms with Crippen molar-refractivity contribution in [2.45, 2.75) is 0 Å². The van der Waals surface area contributed by atoms with E-state index in [0.29, 0.717) is 17.0 Å². The van der Waals surface area contributed by atoms with Crippen molar-refractivity contribution in [1.82, 2.24) is 15.2 Å². The minimum absolute atomic E-state index is 0.176. The van der Waals surface area contributed by atoms with E-state index < -0.39 is 0 Å². The van der Waals surface area contributed by atoms with Gasteiger partial charge in [0.05, 0.1) is 11.8 Å². The fourth-order valence-corrected chi connectivity index (χ4v) is 1.41. The molecule has 0 fully saturated rings. The molecule has 0 bridgehead atoms. The van der Waals surface area contributed by atoms with E-state index >= 15 is 0 Å². The molecule has 74 valence electrons. The molecule has 2 aromatic heterocycles. The Balaban J connectivity index is 2.22. The maximum absolute atomic E-state index is 9.27. The standard InChI is InChI=1S/C10H7N3O2/c14-7-1-2-9-8(3-7)13-10(15-9)6-4-11-12-5-6/h1-5,14H,(H,11,12). The first-order valence-corrected chi connectivity index (χ1v) is 4.41. The van der Waals surface area contributed by atoms with Crippen LogP contribution in [-0.4, -0.2) is 20.3 Å². The molecule has 0 amide bonds. The van der Waals surface area contributed by atoms with Crippen molar-refractivity contribution in [3.8, 4) is 17.2 Å². The van der Waals surface area contributed by atoms with Crippen LogP contribution in [0.15, 0.2) is 35.0 Å². The first kappa shape index (κ1) is 8.05. The zero-order chi connectivity index (χ0) is 10.3. The second-order valence-electron chi connectivity index (χ2n) is 3.16. The SMILES string of the molecule is Oc1ccc2oc(-c3cn[nH]c3)nc2c1. The van der Waals surface area contributed by atoms with Crippen LogP contribution in [0.1, 0.15) is 0 Å². The highest BCUT2D eigenvalue weighted by atomic mass is 16.3. The van der Waals surface area contributed by atoms with Crippen molar-refractivity contribution in [2.24, 2.45) is 0 Å². The van der Waals surface area contributed by atoms with Gasteiger partial charge in [0.2, 0.25) is 5.89 Å². The number of oxazole rings is 1. The van der Waals surface area contributed by atoms with Crippen molar-refractivity contribution in [3.63, 3.8) is 0 Å². The van der Waals surface area contributed by atoms with E-state index in [0.717, 1.165) is 5.56 Å². The fraction of sp³-hybridized carbons (Fsp3) is 0. The van der Waals surface area contributed by atoms with Crippen LogP contribution in [0, 0.1) is 0 Å². The largest absolute Gasteiger partial charge is 0.508 e. The highest BCUT2D eigenvalue weighted by Gasteiger charge is 2.08. The number of rotatable bonds is 1. The van der Waals surface area contributed by atoms with Crippen LogP contribution < -0.4 is 0 Å². The zero-order valence-electron chi connectivity index (χ0n) is 7.64. The number of hydrogen-bond acceptors (Lipinski definition) is 4. The highest BCUT2D eigenvalue weighted by molar-refractivity contribution is 5.77. The Labute approximate surface area is 84.4 Å². The summed E-state index contributed by atoms with van der Waals surface area (Å²) in [6.07, 6.45) is 3.33. The lowest BCUT2D eigenvalue weighted by molar-refractivity contribution is 0.476. The Morgan fingerprint density at radius 3 is 3.07 bits per heavy atom. The third-order valence-corrected chi connectivity index (χ3v) is 2.12. The predicted octanol–water partition coefficient (Wildman–Crippen LogP) is 1.92.